The molecule has 0 saturated carbocycles. The zero-order valence-corrected chi connectivity index (χ0v) is 14.7. The van der Waals surface area contributed by atoms with Crippen LogP contribution in [-0.2, 0) is 12.7 Å². The highest BCUT2D eigenvalue weighted by Gasteiger charge is 2.30. The lowest BCUT2D eigenvalue weighted by Gasteiger charge is -2.35. The molecule has 1 aromatic carbocycles. The van der Waals surface area contributed by atoms with Crippen LogP contribution >= 0.6 is 11.3 Å². The maximum atomic E-state index is 12.6. The Morgan fingerprint density at radius 1 is 0.962 bits per heavy atom. The molecule has 0 bridgehead atoms. The first-order valence-electron chi connectivity index (χ1n) is 8.32. The molecule has 1 aliphatic heterocycles. The number of halogens is 3. The lowest BCUT2D eigenvalue weighted by Crippen LogP contribution is -2.46. The third kappa shape index (κ3) is 3.52. The van der Waals surface area contributed by atoms with E-state index < -0.39 is 11.7 Å². The van der Waals surface area contributed by atoms with E-state index in [4.69, 9.17) is 0 Å². The molecule has 136 valence electrons. The van der Waals surface area contributed by atoms with Crippen molar-refractivity contribution in [2.24, 2.45) is 0 Å². The summed E-state index contributed by atoms with van der Waals surface area (Å²) >= 11 is 1.64. The van der Waals surface area contributed by atoms with Gasteiger partial charge in [-0.1, -0.05) is 12.1 Å². The highest BCUT2D eigenvalue weighted by atomic mass is 32.1. The second-order valence-electron chi connectivity index (χ2n) is 6.29. The zero-order chi connectivity index (χ0) is 18.1. The minimum absolute atomic E-state index is 0.602. The van der Waals surface area contributed by atoms with Crippen molar-refractivity contribution in [2.45, 2.75) is 12.7 Å². The average molecular weight is 378 g/mol. The molecule has 0 spiro atoms. The summed E-state index contributed by atoms with van der Waals surface area (Å²) in [5.41, 5.74) is 1.26. The number of aromatic nitrogens is 2. The van der Waals surface area contributed by atoms with E-state index in [2.05, 4.69) is 19.8 Å². The van der Waals surface area contributed by atoms with Crippen molar-refractivity contribution in [3.8, 4) is 0 Å². The highest BCUT2D eigenvalue weighted by molar-refractivity contribution is 7.17. The van der Waals surface area contributed by atoms with Gasteiger partial charge in [-0.2, -0.15) is 13.2 Å². The van der Waals surface area contributed by atoms with Crippen LogP contribution in [0.25, 0.3) is 10.2 Å². The van der Waals surface area contributed by atoms with Gasteiger partial charge >= 0.3 is 6.18 Å². The number of hydrogen-bond acceptors (Lipinski definition) is 5. The van der Waals surface area contributed by atoms with E-state index in [1.165, 1.54) is 0 Å². The number of anilines is 1. The van der Waals surface area contributed by atoms with Crippen molar-refractivity contribution < 1.29 is 13.2 Å². The number of benzene rings is 1. The second-order valence-corrected chi connectivity index (χ2v) is 7.21. The van der Waals surface area contributed by atoms with Gasteiger partial charge in [0.1, 0.15) is 12.1 Å². The average Bonchev–Trinajstić information content (AvgIpc) is 3.11. The molecule has 0 N–H and O–H groups in total. The maximum absolute atomic E-state index is 12.6. The van der Waals surface area contributed by atoms with Crippen LogP contribution in [-0.4, -0.2) is 41.0 Å². The van der Waals surface area contributed by atoms with Gasteiger partial charge in [-0.25, -0.2) is 9.97 Å². The van der Waals surface area contributed by atoms with Gasteiger partial charge in [-0.15, -0.1) is 11.3 Å². The molecule has 3 aromatic rings. The Morgan fingerprint density at radius 2 is 1.69 bits per heavy atom. The number of rotatable bonds is 3. The number of piperazine rings is 1. The molecule has 0 amide bonds. The fourth-order valence-electron chi connectivity index (χ4n) is 3.18. The van der Waals surface area contributed by atoms with Gasteiger partial charge in [0.25, 0.3) is 0 Å². The molecule has 0 unspecified atom stereocenters. The van der Waals surface area contributed by atoms with Crippen LogP contribution in [0, 0.1) is 0 Å². The Balaban J connectivity index is 1.39. The van der Waals surface area contributed by atoms with Gasteiger partial charge in [0.05, 0.1) is 15.8 Å². The Hall–Kier alpha value is -2.19. The summed E-state index contributed by atoms with van der Waals surface area (Å²) in [7, 11) is 0. The lowest BCUT2D eigenvalue weighted by molar-refractivity contribution is -0.137. The van der Waals surface area contributed by atoms with E-state index in [0.717, 1.165) is 59.9 Å². The monoisotopic (exact) mass is 378 g/mol. The summed E-state index contributed by atoms with van der Waals surface area (Å²) in [5, 5.41) is 2.02. The van der Waals surface area contributed by atoms with Crippen LogP contribution < -0.4 is 4.90 Å². The van der Waals surface area contributed by atoms with Crippen molar-refractivity contribution in [3.05, 3.63) is 53.2 Å². The molecule has 2 aromatic heterocycles. The molecule has 4 nitrogen and oxygen atoms in total. The van der Waals surface area contributed by atoms with Crippen molar-refractivity contribution >= 4 is 27.4 Å². The van der Waals surface area contributed by atoms with Gasteiger partial charge in [-0.3, -0.25) is 4.90 Å². The Labute approximate surface area is 152 Å². The normalized spacial score (nSPS) is 16.3. The van der Waals surface area contributed by atoms with Crippen LogP contribution in [0.2, 0.25) is 0 Å². The molecule has 1 aliphatic rings. The van der Waals surface area contributed by atoms with E-state index in [1.54, 1.807) is 29.8 Å². The zero-order valence-electron chi connectivity index (χ0n) is 13.9. The summed E-state index contributed by atoms with van der Waals surface area (Å²) in [4.78, 5) is 13.2. The fourth-order valence-corrected chi connectivity index (χ4v) is 4.04. The molecule has 0 aliphatic carbocycles. The SMILES string of the molecule is FC(F)(F)c1ccc(CN2CCN(c3ncnc4ccsc34)CC2)cc1. The second kappa shape index (κ2) is 6.85. The molecular formula is C18H17F3N4S. The standard InChI is InChI=1S/C18H17F3N4S/c19-18(20,21)14-3-1-13(2-4-14)11-24-6-8-25(9-7-24)17-16-15(5-10-26-16)22-12-23-17/h1-5,10,12H,6-9,11H2. The first-order valence-corrected chi connectivity index (χ1v) is 9.20. The van der Waals surface area contributed by atoms with Gasteiger partial charge in [0, 0.05) is 32.7 Å². The van der Waals surface area contributed by atoms with E-state index in [9.17, 15) is 13.2 Å². The van der Waals surface area contributed by atoms with Crippen LogP contribution in [0.3, 0.4) is 0 Å². The topological polar surface area (TPSA) is 32.3 Å². The van der Waals surface area contributed by atoms with E-state index in [-0.39, 0.29) is 0 Å². The first kappa shape index (κ1) is 17.2. The summed E-state index contributed by atoms with van der Waals surface area (Å²) in [5.74, 6) is 0.971. The van der Waals surface area contributed by atoms with Gasteiger partial charge in [-0.05, 0) is 29.1 Å². The summed E-state index contributed by atoms with van der Waals surface area (Å²) in [6, 6.07) is 7.43. The Bertz CT molecular complexity index is 883. The Kier molecular flexibility index (Phi) is 4.54. The van der Waals surface area contributed by atoms with E-state index in [1.807, 2.05) is 11.4 Å². The Morgan fingerprint density at radius 3 is 2.38 bits per heavy atom. The number of thiophene rings is 1. The molecule has 0 atom stereocenters. The van der Waals surface area contributed by atoms with E-state index >= 15 is 0 Å². The predicted molar refractivity (Wildman–Crippen MR) is 96.3 cm³/mol. The third-order valence-electron chi connectivity index (χ3n) is 4.58. The molecule has 1 fully saturated rings. The quantitative estimate of drug-likeness (QED) is 0.689. The fraction of sp³-hybridized carbons (Fsp3) is 0.333. The highest BCUT2D eigenvalue weighted by Crippen LogP contribution is 2.30. The van der Waals surface area contributed by atoms with Crippen LogP contribution in [0.15, 0.2) is 42.0 Å². The largest absolute Gasteiger partial charge is 0.416 e. The predicted octanol–water partition coefficient (Wildman–Crippen LogP) is 4.03. The minimum Gasteiger partial charge on any atom is -0.353 e. The number of hydrogen-bond donors (Lipinski definition) is 0. The molecule has 3 heterocycles. The lowest BCUT2D eigenvalue weighted by atomic mass is 10.1. The van der Waals surface area contributed by atoms with Crippen molar-refractivity contribution in [1.82, 2.24) is 14.9 Å². The molecule has 4 rings (SSSR count). The number of fused-ring (bicyclic) bond motifs is 1. The molecule has 1 saturated heterocycles. The molecule has 26 heavy (non-hydrogen) atoms. The third-order valence-corrected chi connectivity index (χ3v) is 5.48. The van der Waals surface area contributed by atoms with Crippen molar-refractivity contribution in [2.75, 3.05) is 31.1 Å². The minimum atomic E-state index is -4.28. The van der Waals surface area contributed by atoms with Crippen molar-refractivity contribution in [1.29, 1.82) is 0 Å². The smallest absolute Gasteiger partial charge is 0.353 e. The summed E-state index contributed by atoms with van der Waals surface area (Å²) < 4.78 is 39.0. The number of alkyl halides is 3. The number of nitrogens with zero attached hydrogens (tertiary/aromatic N) is 4. The molecular weight excluding hydrogens is 361 g/mol. The van der Waals surface area contributed by atoms with E-state index in [0.29, 0.717) is 6.54 Å². The summed E-state index contributed by atoms with van der Waals surface area (Å²) in [6.07, 6.45) is -2.69. The maximum Gasteiger partial charge on any atom is 0.416 e. The van der Waals surface area contributed by atoms with Crippen LogP contribution in [0.5, 0.6) is 0 Å². The van der Waals surface area contributed by atoms with Gasteiger partial charge in [0.2, 0.25) is 0 Å². The van der Waals surface area contributed by atoms with Gasteiger partial charge in [0.15, 0.2) is 0 Å². The van der Waals surface area contributed by atoms with Crippen LogP contribution in [0.1, 0.15) is 11.1 Å². The van der Waals surface area contributed by atoms with Crippen LogP contribution in [0.4, 0.5) is 19.0 Å². The molecule has 0 radical (unpaired) electrons. The van der Waals surface area contributed by atoms with Crippen molar-refractivity contribution in [3.63, 3.8) is 0 Å². The molecule has 8 heteroatoms. The van der Waals surface area contributed by atoms with Gasteiger partial charge < -0.3 is 4.90 Å². The summed E-state index contributed by atoms with van der Waals surface area (Å²) in [6.45, 7) is 4.02. The first-order chi connectivity index (χ1) is 12.5.